The maximum atomic E-state index is 13.3. The van der Waals surface area contributed by atoms with Crippen molar-refractivity contribution in [2.24, 2.45) is 0 Å². The lowest BCUT2D eigenvalue weighted by atomic mass is 10.2. The fraction of sp³-hybridized carbons (Fsp3) is 0.462. The molecule has 1 heterocycles. The first-order chi connectivity index (χ1) is 9.15. The lowest BCUT2D eigenvalue weighted by Crippen LogP contribution is -2.45. The number of benzene rings is 1. The molecule has 5 nitrogen and oxygen atoms in total. The van der Waals surface area contributed by atoms with Gasteiger partial charge in [-0.15, -0.1) is 0 Å². The summed E-state index contributed by atoms with van der Waals surface area (Å²) in [6.07, 6.45) is -0.765. The van der Waals surface area contributed by atoms with E-state index in [9.17, 15) is 9.18 Å². The number of ether oxygens (including phenoxy) is 2. The monoisotopic (exact) mass is 268 g/mol. The summed E-state index contributed by atoms with van der Waals surface area (Å²) >= 11 is 0. The first-order valence-corrected chi connectivity index (χ1v) is 6.19. The Morgan fingerprint density at radius 2 is 2.32 bits per heavy atom. The van der Waals surface area contributed by atoms with Crippen LogP contribution in [0.15, 0.2) is 24.3 Å². The minimum atomic E-state index is -0.688. The van der Waals surface area contributed by atoms with Gasteiger partial charge >= 0.3 is 6.09 Å². The van der Waals surface area contributed by atoms with E-state index in [0.29, 0.717) is 6.54 Å². The normalized spacial score (nSPS) is 22.8. The van der Waals surface area contributed by atoms with Gasteiger partial charge in [0.2, 0.25) is 0 Å². The fourth-order valence-electron chi connectivity index (χ4n) is 1.85. The van der Waals surface area contributed by atoms with Crippen LogP contribution in [-0.2, 0) is 9.47 Å². The average molecular weight is 268 g/mol. The molecule has 6 heteroatoms. The van der Waals surface area contributed by atoms with Crippen molar-refractivity contribution < 1.29 is 18.7 Å². The summed E-state index contributed by atoms with van der Waals surface area (Å²) in [7, 11) is 0. The standard InChI is InChI=1S/C13H17FN2O3/c1-9-6-15-7-10(19-9)8-18-13(17)16-12-5-3-2-4-11(12)14/h2-5,9-10,15H,6-8H2,1H3,(H,16,17). The Kier molecular flexibility index (Phi) is 4.70. The van der Waals surface area contributed by atoms with Crippen LogP contribution in [0.2, 0.25) is 0 Å². The second-order valence-corrected chi connectivity index (χ2v) is 4.43. The average Bonchev–Trinajstić information content (AvgIpc) is 2.39. The van der Waals surface area contributed by atoms with Gasteiger partial charge < -0.3 is 14.8 Å². The number of amides is 1. The van der Waals surface area contributed by atoms with E-state index in [1.54, 1.807) is 12.1 Å². The lowest BCUT2D eigenvalue weighted by Gasteiger charge is -2.28. The summed E-state index contributed by atoms with van der Waals surface area (Å²) in [5.74, 6) is -0.497. The van der Waals surface area contributed by atoms with Crippen molar-refractivity contribution in [1.82, 2.24) is 5.32 Å². The Morgan fingerprint density at radius 3 is 3.05 bits per heavy atom. The van der Waals surface area contributed by atoms with Crippen molar-refractivity contribution in [2.45, 2.75) is 19.1 Å². The predicted octanol–water partition coefficient (Wildman–Crippen LogP) is 1.75. The van der Waals surface area contributed by atoms with Gasteiger partial charge in [0.05, 0.1) is 11.8 Å². The van der Waals surface area contributed by atoms with Gasteiger partial charge in [0.15, 0.2) is 0 Å². The molecule has 0 bridgehead atoms. The summed E-state index contributed by atoms with van der Waals surface area (Å²) in [6, 6.07) is 5.92. The molecule has 104 valence electrons. The van der Waals surface area contributed by atoms with E-state index in [-0.39, 0.29) is 24.5 Å². The second kappa shape index (κ2) is 6.49. The van der Waals surface area contributed by atoms with Crippen molar-refractivity contribution in [3.05, 3.63) is 30.1 Å². The molecule has 2 atom stereocenters. The van der Waals surface area contributed by atoms with E-state index in [1.165, 1.54) is 12.1 Å². The largest absolute Gasteiger partial charge is 0.446 e. The summed E-state index contributed by atoms with van der Waals surface area (Å²) < 4.78 is 23.9. The van der Waals surface area contributed by atoms with Crippen LogP contribution in [0.1, 0.15) is 6.92 Å². The summed E-state index contributed by atoms with van der Waals surface area (Å²) in [5, 5.41) is 5.52. The molecule has 0 spiro atoms. The van der Waals surface area contributed by atoms with Crippen molar-refractivity contribution in [3.8, 4) is 0 Å². The van der Waals surface area contributed by atoms with Gasteiger partial charge in [-0.3, -0.25) is 5.32 Å². The van der Waals surface area contributed by atoms with Crippen molar-refractivity contribution in [1.29, 1.82) is 0 Å². The van der Waals surface area contributed by atoms with Gasteiger partial charge in [-0.25, -0.2) is 9.18 Å². The molecule has 1 aromatic rings. The zero-order valence-electron chi connectivity index (χ0n) is 10.7. The Bertz CT molecular complexity index is 442. The number of carbonyl (C=O) groups excluding carboxylic acids is 1. The number of morpholine rings is 1. The molecule has 1 aromatic carbocycles. The Balaban J connectivity index is 1.77. The van der Waals surface area contributed by atoms with Crippen molar-refractivity contribution in [2.75, 3.05) is 25.0 Å². The Morgan fingerprint density at radius 1 is 1.53 bits per heavy atom. The van der Waals surface area contributed by atoms with Crippen LogP contribution >= 0.6 is 0 Å². The highest BCUT2D eigenvalue weighted by atomic mass is 19.1. The quantitative estimate of drug-likeness (QED) is 0.877. The van der Waals surface area contributed by atoms with E-state index >= 15 is 0 Å². The molecule has 2 N–H and O–H groups in total. The maximum Gasteiger partial charge on any atom is 0.411 e. The SMILES string of the molecule is CC1CNCC(COC(=O)Nc2ccccc2F)O1. The first kappa shape index (κ1) is 13.8. The minimum absolute atomic E-state index is 0.0944. The van der Waals surface area contributed by atoms with Gasteiger partial charge in [0, 0.05) is 13.1 Å². The summed E-state index contributed by atoms with van der Waals surface area (Å²) in [5.41, 5.74) is 0.101. The van der Waals surface area contributed by atoms with E-state index < -0.39 is 11.9 Å². The third kappa shape index (κ3) is 4.18. The first-order valence-electron chi connectivity index (χ1n) is 6.19. The molecule has 1 saturated heterocycles. The molecule has 2 unspecified atom stereocenters. The number of anilines is 1. The molecule has 2 rings (SSSR count). The lowest BCUT2D eigenvalue weighted by molar-refractivity contribution is -0.0533. The number of halogens is 1. The van der Waals surface area contributed by atoms with Crippen LogP contribution in [0, 0.1) is 5.82 Å². The molecule has 1 aliphatic rings. The van der Waals surface area contributed by atoms with E-state index in [4.69, 9.17) is 9.47 Å². The molecule has 0 aromatic heterocycles. The zero-order chi connectivity index (χ0) is 13.7. The summed E-state index contributed by atoms with van der Waals surface area (Å²) in [6.45, 7) is 3.51. The molecule has 0 aliphatic carbocycles. The third-order valence-electron chi connectivity index (χ3n) is 2.74. The second-order valence-electron chi connectivity index (χ2n) is 4.43. The van der Waals surface area contributed by atoms with E-state index in [1.807, 2.05) is 6.92 Å². The molecule has 1 aliphatic heterocycles. The highest BCUT2D eigenvalue weighted by Crippen LogP contribution is 2.12. The van der Waals surface area contributed by atoms with Crippen LogP contribution < -0.4 is 10.6 Å². The number of carbonyl (C=O) groups is 1. The predicted molar refractivity (Wildman–Crippen MR) is 68.6 cm³/mol. The van der Waals surface area contributed by atoms with E-state index in [0.717, 1.165) is 6.54 Å². The molecule has 1 fully saturated rings. The van der Waals surface area contributed by atoms with Crippen LogP contribution in [0.4, 0.5) is 14.9 Å². The van der Waals surface area contributed by atoms with Crippen LogP contribution in [0.25, 0.3) is 0 Å². The number of para-hydroxylation sites is 1. The van der Waals surface area contributed by atoms with Crippen LogP contribution in [0.5, 0.6) is 0 Å². The molecular formula is C13H17FN2O3. The third-order valence-corrected chi connectivity index (χ3v) is 2.74. The fourth-order valence-corrected chi connectivity index (χ4v) is 1.85. The number of rotatable bonds is 3. The molecular weight excluding hydrogens is 251 g/mol. The van der Waals surface area contributed by atoms with Gasteiger partial charge in [-0.2, -0.15) is 0 Å². The molecule has 0 saturated carbocycles. The molecule has 1 amide bonds. The number of hydrogen-bond donors (Lipinski definition) is 2. The zero-order valence-corrected chi connectivity index (χ0v) is 10.7. The van der Waals surface area contributed by atoms with Crippen molar-refractivity contribution in [3.63, 3.8) is 0 Å². The number of nitrogens with one attached hydrogen (secondary N) is 2. The van der Waals surface area contributed by atoms with Gasteiger partial charge in [0.1, 0.15) is 18.5 Å². The van der Waals surface area contributed by atoms with Gasteiger partial charge in [-0.05, 0) is 19.1 Å². The number of hydrogen-bond acceptors (Lipinski definition) is 4. The highest BCUT2D eigenvalue weighted by Gasteiger charge is 2.20. The van der Waals surface area contributed by atoms with Gasteiger partial charge in [-0.1, -0.05) is 12.1 Å². The van der Waals surface area contributed by atoms with Crippen LogP contribution in [0.3, 0.4) is 0 Å². The van der Waals surface area contributed by atoms with Crippen LogP contribution in [-0.4, -0.2) is 38.0 Å². The smallest absolute Gasteiger partial charge is 0.411 e. The van der Waals surface area contributed by atoms with Crippen molar-refractivity contribution >= 4 is 11.8 Å². The molecule has 19 heavy (non-hydrogen) atoms. The molecule has 0 radical (unpaired) electrons. The van der Waals surface area contributed by atoms with Gasteiger partial charge in [0.25, 0.3) is 0 Å². The Hall–Kier alpha value is -1.66. The maximum absolute atomic E-state index is 13.3. The summed E-state index contributed by atoms with van der Waals surface area (Å²) in [4.78, 5) is 11.5. The minimum Gasteiger partial charge on any atom is -0.446 e. The Labute approximate surface area is 111 Å². The van der Waals surface area contributed by atoms with E-state index in [2.05, 4.69) is 10.6 Å². The highest BCUT2D eigenvalue weighted by molar-refractivity contribution is 5.84. The topological polar surface area (TPSA) is 59.6 Å².